The summed E-state index contributed by atoms with van der Waals surface area (Å²) in [5.41, 5.74) is 2.80. The van der Waals surface area contributed by atoms with Crippen LogP contribution >= 0.6 is 11.6 Å². The molecule has 172 valence electrons. The lowest BCUT2D eigenvalue weighted by Gasteiger charge is -2.36. The summed E-state index contributed by atoms with van der Waals surface area (Å²) in [5, 5.41) is 3.65. The molecular formula is C26H29ClN4O2. The third kappa shape index (κ3) is 6.70. The van der Waals surface area contributed by atoms with Gasteiger partial charge in [0.1, 0.15) is 17.5 Å². The molecule has 1 aliphatic heterocycles. The Hall–Kier alpha value is -3.09. The molecule has 1 aromatic heterocycles. The van der Waals surface area contributed by atoms with Gasteiger partial charge >= 0.3 is 0 Å². The van der Waals surface area contributed by atoms with Crippen molar-refractivity contribution < 1.29 is 9.53 Å². The van der Waals surface area contributed by atoms with E-state index in [9.17, 15) is 4.79 Å². The number of anilines is 1. The highest BCUT2D eigenvalue weighted by atomic mass is 35.5. The van der Waals surface area contributed by atoms with Gasteiger partial charge in [0, 0.05) is 49.6 Å². The summed E-state index contributed by atoms with van der Waals surface area (Å²) in [6, 6.07) is 21.5. The van der Waals surface area contributed by atoms with Gasteiger partial charge in [-0.2, -0.15) is 0 Å². The molecule has 1 atom stereocenters. The second-order valence-corrected chi connectivity index (χ2v) is 8.68. The highest BCUT2D eigenvalue weighted by Crippen LogP contribution is 2.22. The first-order chi connectivity index (χ1) is 16.1. The van der Waals surface area contributed by atoms with E-state index in [1.807, 2.05) is 37.3 Å². The fourth-order valence-electron chi connectivity index (χ4n) is 3.91. The van der Waals surface area contributed by atoms with Crippen LogP contribution in [0.5, 0.6) is 5.75 Å². The SMILES string of the molecule is C[C@H](CNC(=O)c1ccccn1)Oc1cccc(CN2CCN(c3cccc(Cl)c3)CC2)c1. The van der Waals surface area contributed by atoms with Gasteiger partial charge in [0.25, 0.3) is 5.91 Å². The fourth-order valence-corrected chi connectivity index (χ4v) is 4.09. The van der Waals surface area contributed by atoms with E-state index < -0.39 is 0 Å². The van der Waals surface area contributed by atoms with Crippen LogP contribution in [0.4, 0.5) is 5.69 Å². The molecule has 0 radical (unpaired) electrons. The predicted molar refractivity (Wildman–Crippen MR) is 132 cm³/mol. The van der Waals surface area contributed by atoms with Crippen molar-refractivity contribution in [3.8, 4) is 5.75 Å². The normalized spacial score (nSPS) is 15.2. The van der Waals surface area contributed by atoms with Crippen molar-refractivity contribution in [3.05, 3.63) is 89.2 Å². The molecule has 3 aromatic rings. The van der Waals surface area contributed by atoms with E-state index >= 15 is 0 Å². The summed E-state index contributed by atoms with van der Waals surface area (Å²) < 4.78 is 6.04. The number of carbonyl (C=O) groups is 1. The molecule has 1 aliphatic rings. The summed E-state index contributed by atoms with van der Waals surface area (Å²) in [7, 11) is 0. The average molecular weight is 465 g/mol. The van der Waals surface area contributed by atoms with E-state index in [1.54, 1.807) is 24.4 Å². The number of rotatable bonds is 8. The summed E-state index contributed by atoms with van der Waals surface area (Å²) in [6.45, 7) is 7.17. The Morgan fingerprint density at radius 2 is 1.88 bits per heavy atom. The molecule has 2 heterocycles. The Labute approximate surface area is 200 Å². The van der Waals surface area contributed by atoms with E-state index in [-0.39, 0.29) is 12.0 Å². The van der Waals surface area contributed by atoms with Gasteiger partial charge in [-0.3, -0.25) is 14.7 Å². The molecule has 0 aliphatic carbocycles. The van der Waals surface area contributed by atoms with Crippen molar-refractivity contribution in [2.24, 2.45) is 0 Å². The monoisotopic (exact) mass is 464 g/mol. The van der Waals surface area contributed by atoms with Crippen molar-refractivity contribution in [1.29, 1.82) is 0 Å². The van der Waals surface area contributed by atoms with Crippen molar-refractivity contribution in [1.82, 2.24) is 15.2 Å². The molecule has 1 fully saturated rings. The molecule has 6 nitrogen and oxygen atoms in total. The van der Waals surface area contributed by atoms with E-state index in [4.69, 9.17) is 16.3 Å². The van der Waals surface area contributed by atoms with E-state index in [1.165, 1.54) is 11.3 Å². The Balaban J connectivity index is 1.24. The largest absolute Gasteiger partial charge is 0.489 e. The van der Waals surface area contributed by atoms with Crippen LogP contribution in [-0.2, 0) is 6.54 Å². The van der Waals surface area contributed by atoms with Crippen LogP contribution in [0.1, 0.15) is 23.0 Å². The highest BCUT2D eigenvalue weighted by molar-refractivity contribution is 6.30. The molecule has 1 amide bonds. The first kappa shape index (κ1) is 23.1. The second-order valence-electron chi connectivity index (χ2n) is 8.24. The lowest BCUT2D eigenvalue weighted by Crippen LogP contribution is -2.45. The number of piperazine rings is 1. The number of ether oxygens (including phenoxy) is 1. The zero-order valence-corrected chi connectivity index (χ0v) is 19.5. The Morgan fingerprint density at radius 1 is 1.06 bits per heavy atom. The highest BCUT2D eigenvalue weighted by Gasteiger charge is 2.18. The van der Waals surface area contributed by atoms with E-state index in [0.29, 0.717) is 12.2 Å². The number of nitrogens with one attached hydrogen (secondary N) is 1. The van der Waals surface area contributed by atoms with E-state index in [0.717, 1.165) is 43.5 Å². The summed E-state index contributed by atoms with van der Waals surface area (Å²) in [5.74, 6) is 0.612. The first-order valence-corrected chi connectivity index (χ1v) is 11.6. The topological polar surface area (TPSA) is 57.7 Å². The van der Waals surface area contributed by atoms with Gasteiger partial charge in [-0.05, 0) is 55.0 Å². The second kappa shape index (κ2) is 11.2. The van der Waals surface area contributed by atoms with Crippen molar-refractivity contribution in [3.63, 3.8) is 0 Å². The maximum Gasteiger partial charge on any atom is 0.270 e. The van der Waals surface area contributed by atoms with Crippen LogP contribution in [0.2, 0.25) is 5.02 Å². The molecule has 7 heteroatoms. The van der Waals surface area contributed by atoms with Crippen LogP contribution in [0.15, 0.2) is 72.9 Å². The molecule has 1 N–H and O–H groups in total. The molecule has 1 saturated heterocycles. The summed E-state index contributed by atoms with van der Waals surface area (Å²) in [6.07, 6.45) is 1.45. The predicted octanol–water partition coefficient (Wildman–Crippen LogP) is 4.25. The third-order valence-electron chi connectivity index (χ3n) is 5.64. The van der Waals surface area contributed by atoms with Gasteiger partial charge in [-0.25, -0.2) is 0 Å². The van der Waals surface area contributed by atoms with Crippen LogP contribution in [0, 0.1) is 0 Å². The number of nitrogens with zero attached hydrogens (tertiary/aromatic N) is 3. The van der Waals surface area contributed by atoms with Gasteiger partial charge in [0.05, 0.1) is 6.54 Å². The number of carbonyl (C=O) groups excluding carboxylic acids is 1. The van der Waals surface area contributed by atoms with Crippen LogP contribution in [0.3, 0.4) is 0 Å². The maximum atomic E-state index is 12.2. The number of pyridine rings is 1. The number of hydrogen-bond donors (Lipinski definition) is 1. The number of aromatic nitrogens is 1. The summed E-state index contributed by atoms with van der Waals surface area (Å²) >= 11 is 6.14. The zero-order valence-electron chi connectivity index (χ0n) is 18.8. The smallest absolute Gasteiger partial charge is 0.270 e. The number of benzene rings is 2. The van der Waals surface area contributed by atoms with Crippen molar-refractivity contribution >= 4 is 23.2 Å². The Morgan fingerprint density at radius 3 is 2.64 bits per heavy atom. The van der Waals surface area contributed by atoms with Crippen LogP contribution in [0.25, 0.3) is 0 Å². The summed E-state index contributed by atoms with van der Waals surface area (Å²) in [4.78, 5) is 21.1. The molecular weight excluding hydrogens is 436 g/mol. The quantitative estimate of drug-likeness (QED) is 0.540. The molecule has 0 spiro atoms. The molecule has 33 heavy (non-hydrogen) atoms. The minimum absolute atomic E-state index is 0.158. The van der Waals surface area contributed by atoms with Crippen LogP contribution in [-0.4, -0.2) is 54.6 Å². The van der Waals surface area contributed by atoms with Gasteiger partial charge in [-0.1, -0.05) is 35.9 Å². The maximum absolute atomic E-state index is 12.2. The number of hydrogen-bond acceptors (Lipinski definition) is 5. The van der Waals surface area contributed by atoms with Gasteiger partial charge in [0.15, 0.2) is 0 Å². The standard InChI is InChI=1S/C26H29ClN4O2/c1-20(18-29-26(32)25-10-2-3-11-28-25)33-24-9-4-6-21(16-24)19-30-12-14-31(15-13-30)23-8-5-7-22(27)17-23/h2-11,16-17,20H,12-15,18-19H2,1H3,(H,29,32)/t20-/m1/s1. The minimum atomic E-state index is -0.197. The van der Waals surface area contributed by atoms with Crippen molar-refractivity contribution in [2.75, 3.05) is 37.6 Å². The first-order valence-electron chi connectivity index (χ1n) is 11.2. The molecule has 2 aromatic carbocycles. The Bertz CT molecular complexity index is 1050. The molecule has 0 bridgehead atoms. The van der Waals surface area contributed by atoms with Crippen LogP contribution < -0.4 is 15.0 Å². The van der Waals surface area contributed by atoms with Crippen molar-refractivity contribution in [2.45, 2.75) is 19.6 Å². The zero-order chi connectivity index (χ0) is 23.0. The molecule has 4 rings (SSSR count). The number of halogens is 1. The number of amides is 1. The Kier molecular flexibility index (Phi) is 7.81. The van der Waals surface area contributed by atoms with Gasteiger partial charge in [-0.15, -0.1) is 0 Å². The molecule has 0 unspecified atom stereocenters. The van der Waals surface area contributed by atoms with E-state index in [2.05, 4.69) is 38.3 Å². The minimum Gasteiger partial charge on any atom is -0.489 e. The average Bonchev–Trinajstić information content (AvgIpc) is 2.84. The van der Waals surface area contributed by atoms with Gasteiger partial charge < -0.3 is 15.0 Å². The fraction of sp³-hybridized carbons (Fsp3) is 0.308. The molecule has 0 saturated carbocycles. The lowest BCUT2D eigenvalue weighted by molar-refractivity contribution is 0.0927. The third-order valence-corrected chi connectivity index (χ3v) is 5.87. The lowest BCUT2D eigenvalue weighted by atomic mass is 10.1. The van der Waals surface area contributed by atoms with Gasteiger partial charge in [0.2, 0.25) is 0 Å².